The molecule has 6 aromatic rings. The summed E-state index contributed by atoms with van der Waals surface area (Å²) in [6, 6.07) is 57.6. The Hall–Kier alpha value is -4.88. The highest BCUT2D eigenvalue weighted by Crippen LogP contribution is 2.35. The molecular weight excluding hydrogens is 662 g/mol. The van der Waals surface area contributed by atoms with E-state index in [1.165, 1.54) is 21.2 Å². The van der Waals surface area contributed by atoms with Gasteiger partial charge in [0, 0.05) is 23.2 Å². The van der Waals surface area contributed by atoms with Crippen molar-refractivity contribution in [3.8, 4) is 0 Å². The number of hydrogen-bond donors (Lipinski definition) is 2. The van der Waals surface area contributed by atoms with Crippen LogP contribution in [0.2, 0.25) is 0 Å². The van der Waals surface area contributed by atoms with Crippen LogP contribution < -0.4 is 42.5 Å². The summed E-state index contributed by atoms with van der Waals surface area (Å²) in [5.41, 5.74) is 1.37. The fourth-order valence-corrected chi connectivity index (χ4v) is 11.9. The first kappa shape index (κ1) is 34.6. The van der Waals surface area contributed by atoms with Gasteiger partial charge < -0.3 is 10.6 Å². The second-order valence-electron chi connectivity index (χ2n) is 12.8. The molecule has 4 nitrogen and oxygen atoms in total. The highest BCUT2D eigenvalue weighted by atomic mass is 31.1. The van der Waals surface area contributed by atoms with Crippen LogP contribution in [0.4, 0.5) is 0 Å². The summed E-state index contributed by atoms with van der Waals surface area (Å²) in [5, 5.41) is 13.7. The molecule has 51 heavy (non-hydrogen) atoms. The molecule has 7 rings (SSSR count). The number of rotatable bonds is 10. The lowest BCUT2D eigenvalue weighted by Crippen LogP contribution is -2.52. The molecule has 1 aliphatic carbocycles. The zero-order chi connectivity index (χ0) is 34.8. The topological polar surface area (TPSA) is 58.2 Å². The predicted octanol–water partition coefficient (Wildman–Crippen LogP) is 7.06. The Morgan fingerprint density at radius 1 is 0.392 bits per heavy atom. The number of carbonyl (C=O) groups excluding carboxylic acids is 2. The number of carbonyl (C=O) groups is 2. The van der Waals surface area contributed by atoms with E-state index in [1.54, 1.807) is 0 Å². The molecule has 0 saturated heterocycles. The largest absolute Gasteiger partial charge is 0.347 e. The molecule has 2 amide bonds. The number of amides is 2. The van der Waals surface area contributed by atoms with Crippen LogP contribution in [0.1, 0.15) is 52.8 Å². The Morgan fingerprint density at radius 2 is 0.686 bits per heavy atom. The summed E-state index contributed by atoms with van der Waals surface area (Å²) < 4.78 is 0. The van der Waals surface area contributed by atoms with Crippen LogP contribution in [0.15, 0.2) is 170 Å². The van der Waals surface area contributed by atoms with Crippen molar-refractivity contribution < 1.29 is 9.59 Å². The Labute approximate surface area is 303 Å². The second-order valence-corrected chi connectivity index (χ2v) is 17.2. The molecule has 2 N–H and O–H groups in total. The standard InChI is InChI=1S/C45H42N2O2P2/c48-44(38-28-16-18-32-42(38)50(34-20-6-1-7-21-34)35-22-8-2-9-23-35)46-40-30-14-5-15-31-41(40)47-45(49)39-29-17-19-33-43(39)51(36-24-10-3-11-25-36)37-26-12-4-13-27-37/h1-4,6-13,16-29,32-33,40-41H,5,14-15,30-31H2,(H,46,48)(H,47,49)/t40-,41-/m1/s1. The molecule has 0 unspecified atom stereocenters. The van der Waals surface area contributed by atoms with E-state index < -0.39 is 15.8 Å². The van der Waals surface area contributed by atoms with E-state index in [9.17, 15) is 9.59 Å². The van der Waals surface area contributed by atoms with Crippen LogP contribution in [-0.4, -0.2) is 23.9 Å². The fraction of sp³-hybridized carbons (Fsp3) is 0.156. The van der Waals surface area contributed by atoms with Gasteiger partial charge in [0.15, 0.2) is 0 Å². The molecule has 2 atom stereocenters. The van der Waals surface area contributed by atoms with Crippen molar-refractivity contribution in [1.29, 1.82) is 0 Å². The smallest absolute Gasteiger partial charge is 0.252 e. The molecular formula is C45H42N2O2P2. The van der Waals surface area contributed by atoms with E-state index in [0.717, 1.165) is 42.7 Å². The highest BCUT2D eigenvalue weighted by molar-refractivity contribution is 7.80. The zero-order valence-corrected chi connectivity index (χ0v) is 30.4. The van der Waals surface area contributed by atoms with Crippen molar-refractivity contribution in [3.05, 3.63) is 181 Å². The summed E-state index contributed by atoms with van der Waals surface area (Å²) in [5.74, 6) is -0.179. The van der Waals surface area contributed by atoms with Crippen molar-refractivity contribution in [2.75, 3.05) is 0 Å². The molecule has 6 aromatic carbocycles. The Morgan fingerprint density at radius 3 is 1.02 bits per heavy atom. The van der Waals surface area contributed by atoms with Gasteiger partial charge in [0.2, 0.25) is 0 Å². The van der Waals surface area contributed by atoms with Crippen molar-refractivity contribution in [3.63, 3.8) is 0 Å². The first-order valence-electron chi connectivity index (χ1n) is 17.8. The van der Waals surface area contributed by atoms with Crippen LogP contribution in [0, 0.1) is 0 Å². The van der Waals surface area contributed by atoms with Gasteiger partial charge in [-0.3, -0.25) is 9.59 Å². The molecule has 254 valence electrons. The van der Waals surface area contributed by atoms with Gasteiger partial charge in [0.05, 0.1) is 0 Å². The van der Waals surface area contributed by atoms with E-state index in [-0.39, 0.29) is 23.9 Å². The average molecular weight is 705 g/mol. The molecule has 1 saturated carbocycles. The molecule has 1 fully saturated rings. The van der Waals surface area contributed by atoms with Crippen LogP contribution in [0.5, 0.6) is 0 Å². The minimum Gasteiger partial charge on any atom is -0.347 e. The molecule has 6 heteroatoms. The third-order valence-corrected chi connectivity index (χ3v) is 14.5. The first-order chi connectivity index (χ1) is 25.2. The maximum absolute atomic E-state index is 14.4. The van der Waals surface area contributed by atoms with Crippen LogP contribution in [0.25, 0.3) is 0 Å². The van der Waals surface area contributed by atoms with Gasteiger partial charge in [-0.05, 0) is 72.6 Å². The average Bonchev–Trinajstić information content (AvgIpc) is 3.41. The lowest BCUT2D eigenvalue weighted by atomic mass is 10.0. The van der Waals surface area contributed by atoms with Crippen LogP contribution in [-0.2, 0) is 0 Å². The van der Waals surface area contributed by atoms with Crippen molar-refractivity contribution >= 4 is 59.5 Å². The molecule has 0 heterocycles. The van der Waals surface area contributed by atoms with Gasteiger partial charge in [-0.15, -0.1) is 0 Å². The van der Waals surface area contributed by atoms with Gasteiger partial charge in [0.25, 0.3) is 11.8 Å². The van der Waals surface area contributed by atoms with Crippen molar-refractivity contribution in [2.24, 2.45) is 0 Å². The molecule has 0 spiro atoms. The monoisotopic (exact) mass is 704 g/mol. The second kappa shape index (κ2) is 16.9. The van der Waals surface area contributed by atoms with E-state index in [4.69, 9.17) is 0 Å². The van der Waals surface area contributed by atoms with E-state index in [2.05, 4.69) is 120 Å². The van der Waals surface area contributed by atoms with Crippen LogP contribution in [0.3, 0.4) is 0 Å². The maximum atomic E-state index is 14.4. The molecule has 0 aliphatic heterocycles. The van der Waals surface area contributed by atoms with Gasteiger partial charge in [-0.1, -0.05) is 177 Å². The normalized spacial score (nSPS) is 16.0. The zero-order valence-electron chi connectivity index (χ0n) is 28.6. The minimum atomic E-state index is -0.960. The Bertz CT molecular complexity index is 1810. The number of benzene rings is 6. The molecule has 0 aromatic heterocycles. The third-order valence-electron chi connectivity index (χ3n) is 9.49. The maximum Gasteiger partial charge on any atom is 0.252 e. The van der Waals surface area contributed by atoms with Crippen molar-refractivity contribution in [2.45, 2.75) is 44.2 Å². The van der Waals surface area contributed by atoms with E-state index in [0.29, 0.717) is 11.1 Å². The Balaban J connectivity index is 1.17. The van der Waals surface area contributed by atoms with E-state index >= 15 is 0 Å². The lowest BCUT2D eigenvalue weighted by Gasteiger charge is -2.29. The van der Waals surface area contributed by atoms with Gasteiger partial charge in [0.1, 0.15) is 0 Å². The lowest BCUT2D eigenvalue weighted by molar-refractivity contribution is 0.0880. The van der Waals surface area contributed by atoms with E-state index in [1.807, 2.05) is 60.7 Å². The quantitative estimate of drug-likeness (QED) is 0.119. The van der Waals surface area contributed by atoms with Gasteiger partial charge in [-0.25, -0.2) is 0 Å². The Kier molecular flexibility index (Phi) is 11.4. The van der Waals surface area contributed by atoms with Gasteiger partial charge in [-0.2, -0.15) is 0 Å². The third kappa shape index (κ3) is 8.20. The highest BCUT2D eigenvalue weighted by Gasteiger charge is 2.31. The minimum absolute atomic E-state index is 0.0896. The van der Waals surface area contributed by atoms with Gasteiger partial charge >= 0.3 is 0 Å². The molecule has 0 radical (unpaired) electrons. The molecule has 1 aliphatic rings. The molecule has 0 bridgehead atoms. The van der Waals surface area contributed by atoms with Crippen LogP contribution >= 0.6 is 15.8 Å². The number of nitrogens with one attached hydrogen (secondary N) is 2. The summed E-state index contributed by atoms with van der Waals surface area (Å²) in [6.45, 7) is 0. The SMILES string of the molecule is O=C(N[C@@H]1CCCCC[C@H]1NC(=O)c1ccccc1P(c1ccccc1)c1ccccc1)c1ccccc1P(c1ccccc1)c1ccccc1. The fourth-order valence-electron chi connectivity index (χ4n) is 7.03. The van der Waals surface area contributed by atoms with Crippen molar-refractivity contribution in [1.82, 2.24) is 10.6 Å². The predicted molar refractivity (Wildman–Crippen MR) is 216 cm³/mol. The summed E-state index contributed by atoms with van der Waals surface area (Å²) in [4.78, 5) is 28.7. The summed E-state index contributed by atoms with van der Waals surface area (Å²) >= 11 is 0. The first-order valence-corrected chi connectivity index (χ1v) is 20.5. The summed E-state index contributed by atoms with van der Waals surface area (Å²) in [6.07, 6.45) is 4.71. The number of hydrogen-bond acceptors (Lipinski definition) is 2. The summed E-state index contributed by atoms with van der Waals surface area (Å²) in [7, 11) is -1.92.